The van der Waals surface area contributed by atoms with Gasteiger partial charge in [-0.15, -0.1) is 0 Å². The Labute approximate surface area is 73.5 Å². The van der Waals surface area contributed by atoms with E-state index < -0.39 is 5.82 Å². The Kier molecular flexibility index (Phi) is 3.33. The van der Waals surface area contributed by atoms with E-state index in [9.17, 15) is 4.39 Å². The van der Waals surface area contributed by atoms with Crippen LogP contribution in [0.4, 0.5) is 10.1 Å². The van der Waals surface area contributed by atoms with Crippen molar-refractivity contribution in [2.75, 3.05) is 5.73 Å². The summed E-state index contributed by atoms with van der Waals surface area (Å²) in [5.41, 5.74) is 6.08. The van der Waals surface area contributed by atoms with Gasteiger partial charge in [0.15, 0.2) is 0 Å². The molecule has 3 nitrogen and oxygen atoms in total. The van der Waals surface area contributed by atoms with Crippen LogP contribution in [0.25, 0.3) is 0 Å². The van der Waals surface area contributed by atoms with Crippen molar-refractivity contribution in [3.8, 4) is 0 Å². The summed E-state index contributed by atoms with van der Waals surface area (Å²) in [4.78, 5) is 0. The average Bonchev–Trinajstić information content (AvgIpc) is 2.07. The van der Waals surface area contributed by atoms with Crippen molar-refractivity contribution in [2.24, 2.45) is 0 Å². The minimum atomic E-state index is -0.453. The zero-order valence-corrected chi connectivity index (χ0v) is 6.97. The van der Waals surface area contributed by atoms with E-state index in [0.717, 1.165) is 12.0 Å². The van der Waals surface area contributed by atoms with Crippen LogP contribution in [0.2, 0.25) is 0 Å². The van der Waals surface area contributed by atoms with E-state index in [-0.39, 0.29) is 5.69 Å². The maximum absolute atomic E-state index is 12.8. The first-order valence-corrected chi connectivity index (χ1v) is 4.12. The van der Waals surface area contributed by atoms with Gasteiger partial charge in [0.05, 0.1) is 5.69 Å². The molecule has 0 amide bonds. The highest BCUT2D eigenvalue weighted by atomic mass is 32.2. The lowest BCUT2D eigenvalue weighted by Gasteiger charge is -2.00. The lowest BCUT2D eigenvalue weighted by atomic mass is 10.2. The molecule has 0 fully saturated rings. The van der Waals surface area contributed by atoms with Gasteiger partial charge >= 0.3 is 0 Å². The Hall–Kier alpha value is -0.780. The molecule has 0 saturated heterocycles. The van der Waals surface area contributed by atoms with Crippen LogP contribution in [0.1, 0.15) is 5.56 Å². The summed E-state index contributed by atoms with van der Waals surface area (Å²) in [6.45, 7) is 0. The van der Waals surface area contributed by atoms with E-state index in [1.807, 2.05) is 0 Å². The number of nitrogen functional groups attached to an aromatic ring is 1. The number of benzene rings is 1. The topological polar surface area (TPSA) is 55.5 Å². The largest absolute Gasteiger partial charge is 0.396 e. The lowest BCUT2D eigenvalue weighted by molar-refractivity contribution is -0.116. The van der Waals surface area contributed by atoms with Gasteiger partial charge in [0.2, 0.25) is 0 Å². The van der Waals surface area contributed by atoms with Crippen molar-refractivity contribution in [1.29, 1.82) is 0 Å². The summed E-state index contributed by atoms with van der Waals surface area (Å²) in [6.07, 6.45) is 0. The third-order valence-electron chi connectivity index (χ3n) is 1.34. The van der Waals surface area contributed by atoms with Crippen molar-refractivity contribution in [3.63, 3.8) is 0 Å². The number of hydrogen-bond donors (Lipinski definition) is 2. The summed E-state index contributed by atoms with van der Waals surface area (Å²) in [7, 11) is 0. The molecule has 0 radical (unpaired) electrons. The van der Waals surface area contributed by atoms with Gasteiger partial charge in [-0.2, -0.15) is 4.33 Å². The molecule has 5 heteroatoms. The molecule has 3 N–H and O–H groups in total. The second-order valence-corrected chi connectivity index (χ2v) is 2.87. The van der Waals surface area contributed by atoms with Crippen molar-refractivity contribution < 1.29 is 14.0 Å². The quantitative estimate of drug-likeness (QED) is 0.330. The molecule has 1 rings (SSSR count). The minimum absolute atomic E-state index is 0.119. The number of hydrogen-bond acceptors (Lipinski definition) is 4. The zero-order chi connectivity index (χ0) is 8.97. The normalized spacial score (nSPS) is 10.2. The standard InChI is InChI=1S/C7H8FNO2S/c8-6-3-5(4-12-11-10)1-2-7(6)9/h1-3,10H,4,9H2. The van der Waals surface area contributed by atoms with Crippen LogP contribution in [-0.2, 0) is 10.1 Å². The molecule has 0 unspecified atom stereocenters. The molecule has 0 aromatic heterocycles. The molecule has 0 aliphatic heterocycles. The molecule has 0 aliphatic carbocycles. The number of anilines is 1. The third-order valence-corrected chi connectivity index (χ3v) is 1.90. The Morgan fingerprint density at radius 3 is 2.92 bits per heavy atom. The molecule has 0 spiro atoms. The molecule has 0 atom stereocenters. The van der Waals surface area contributed by atoms with Crippen molar-refractivity contribution >= 4 is 17.7 Å². The van der Waals surface area contributed by atoms with Crippen LogP contribution in [0.15, 0.2) is 18.2 Å². The van der Waals surface area contributed by atoms with E-state index in [0.29, 0.717) is 11.3 Å². The number of nitrogens with two attached hydrogens (primary N) is 1. The molecular weight excluding hydrogens is 181 g/mol. The first-order chi connectivity index (χ1) is 5.74. The van der Waals surface area contributed by atoms with Gasteiger partial charge < -0.3 is 5.73 Å². The van der Waals surface area contributed by atoms with Crippen LogP contribution < -0.4 is 5.73 Å². The molecule has 66 valence electrons. The van der Waals surface area contributed by atoms with Crippen LogP contribution >= 0.6 is 12.0 Å². The second kappa shape index (κ2) is 4.30. The van der Waals surface area contributed by atoms with Gasteiger partial charge in [-0.05, 0) is 17.7 Å². The highest BCUT2D eigenvalue weighted by Crippen LogP contribution is 2.16. The van der Waals surface area contributed by atoms with Crippen molar-refractivity contribution in [2.45, 2.75) is 5.75 Å². The second-order valence-electron chi connectivity index (χ2n) is 2.19. The first kappa shape index (κ1) is 9.31. The van der Waals surface area contributed by atoms with Gasteiger partial charge in [-0.25, -0.2) is 9.65 Å². The first-order valence-electron chi connectivity index (χ1n) is 3.21. The molecule has 1 aromatic carbocycles. The van der Waals surface area contributed by atoms with Gasteiger partial charge in [0, 0.05) is 17.8 Å². The molecular formula is C7H8FNO2S. The van der Waals surface area contributed by atoms with Crippen LogP contribution in [0, 0.1) is 5.82 Å². The molecule has 0 saturated carbocycles. The van der Waals surface area contributed by atoms with Crippen molar-refractivity contribution in [3.05, 3.63) is 29.6 Å². The molecule has 0 heterocycles. The fourth-order valence-electron chi connectivity index (χ4n) is 0.755. The van der Waals surface area contributed by atoms with Gasteiger partial charge in [-0.3, -0.25) is 0 Å². The number of rotatable bonds is 3. The highest BCUT2D eigenvalue weighted by molar-refractivity contribution is 7.93. The maximum Gasteiger partial charge on any atom is 0.146 e. The average molecular weight is 189 g/mol. The molecule has 1 aromatic rings. The van der Waals surface area contributed by atoms with E-state index in [4.69, 9.17) is 11.0 Å². The Bertz CT molecular complexity index is 270. The summed E-state index contributed by atoms with van der Waals surface area (Å²) in [5, 5.41) is 8.00. The monoisotopic (exact) mass is 189 g/mol. The van der Waals surface area contributed by atoms with E-state index in [1.54, 1.807) is 6.07 Å². The van der Waals surface area contributed by atoms with Crippen LogP contribution in [0.5, 0.6) is 0 Å². The highest BCUT2D eigenvalue weighted by Gasteiger charge is 1.99. The molecule has 0 aliphatic rings. The molecule has 12 heavy (non-hydrogen) atoms. The Balaban J connectivity index is 2.69. The zero-order valence-electron chi connectivity index (χ0n) is 6.16. The smallest absolute Gasteiger partial charge is 0.146 e. The van der Waals surface area contributed by atoms with Crippen LogP contribution in [0.3, 0.4) is 0 Å². The van der Waals surface area contributed by atoms with Crippen molar-refractivity contribution in [1.82, 2.24) is 0 Å². The third kappa shape index (κ3) is 2.37. The SMILES string of the molecule is Nc1ccc(CSOO)cc1F. The predicted molar refractivity (Wildman–Crippen MR) is 45.8 cm³/mol. The molecule has 0 bridgehead atoms. The fourth-order valence-corrected chi connectivity index (χ4v) is 1.12. The minimum Gasteiger partial charge on any atom is -0.396 e. The summed E-state index contributed by atoms with van der Waals surface area (Å²) >= 11 is 0.824. The summed E-state index contributed by atoms with van der Waals surface area (Å²) in [5.74, 6) is -0.0701. The van der Waals surface area contributed by atoms with Crippen LogP contribution in [-0.4, -0.2) is 5.26 Å². The Morgan fingerprint density at radius 2 is 2.33 bits per heavy atom. The van der Waals surface area contributed by atoms with E-state index in [1.165, 1.54) is 12.1 Å². The Morgan fingerprint density at radius 1 is 1.58 bits per heavy atom. The van der Waals surface area contributed by atoms with Gasteiger partial charge in [-0.1, -0.05) is 6.07 Å². The summed E-state index contributed by atoms with van der Waals surface area (Å²) < 4.78 is 16.5. The fraction of sp³-hybridized carbons (Fsp3) is 0.143. The van der Waals surface area contributed by atoms with E-state index >= 15 is 0 Å². The lowest BCUT2D eigenvalue weighted by Crippen LogP contribution is -1.91. The number of halogens is 1. The van der Waals surface area contributed by atoms with E-state index in [2.05, 4.69) is 4.33 Å². The van der Waals surface area contributed by atoms with Gasteiger partial charge in [0.1, 0.15) is 5.82 Å². The summed E-state index contributed by atoms with van der Waals surface area (Å²) in [6, 6.07) is 4.45. The predicted octanol–water partition coefficient (Wildman–Crippen LogP) is 2.05. The maximum atomic E-state index is 12.8. The van der Waals surface area contributed by atoms with Gasteiger partial charge in [0.25, 0.3) is 0 Å².